The Morgan fingerprint density at radius 3 is 2.36 bits per heavy atom. The van der Waals surface area contributed by atoms with Crippen molar-refractivity contribution < 1.29 is 14.7 Å². The summed E-state index contributed by atoms with van der Waals surface area (Å²) >= 11 is 0. The monoisotopic (exact) mass is 604 g/mol. The van der Waals surface area contributed by atoms with Gasteiger partial charge in [-0.05, 0) is 93.7 Å². The molecule has 7 nitrogen and oxygen atoms in total. The minimum absolute atomic E-state index is 0.140. The predicted octanol–water partition coefficient (Wildman–Crippen LogP) is 6.22. The summed E-state index contributed by atoms with van der Waals surface area (Å²) in [6.45, 7) is 13.3. The van der Waals surface area contributed by atoms with Crippen LogP contribution in [0.25, 0.3) is 0 Å². The summed E-state index contributed by atoms with van der Waals surface area (Å²) in [5.41, 5.74) is 16.1. The van der Waals surface area contributed by atoms with Crippen molar-refractivity contribution in [3.8, 4) is 0 Å². The average Bonchev–Trinajstić information content (AvgIpc) is 3.98. The van der Waals surface area contributed by atoms with E-state index in [1.54, 1.807) is 15.4 Å². The number of nitrogens with two attached hydrogens (primary N) is 1. The summed E-state index contributed by atoms with van der Waals surface area (Å²) in [7, 11) is 0. The highest BCUT2D eigenvalue weighted by molar-refractivity contribution is 6.10. The first-order valence-corrected chi connectivity index (χ1v) is 17.1. The molecule has 2 amide bonds. The van der Waals surface area contributed by atoms with E-state index in [1.807, 2.05) is 0 Å². The molecular weight excluding hydrogens is 548 g/mol. The number of piperazine rings is 1. The maximum Gasteiger partial charge on any atom is 0.270 e. The molecule has 5 rings (SSSR count). The van der Waals surface area contributed by atoms with E-state index in [1.165, 1.54) is 73.6 Å². The minimum atomic E-state index is -0.487. The van der Waals surface area contributed by atoms with Crippen LogP contribution in [0.1, 0.15) is 108 Å². The first-order chi connectivity index (χ1) is 21.2. The van der Waals surface area contributed by atoms with Crippen molar-refractivity contribution in [3.05, 3.63) is 57.3 Å². The zero-order valence-corrected chi connectivity index (χ0v) is 28.0. The van der Waals surface area contributed by atoms with Crippen LogP contribution in [0.2, 0.25) is 0 Å². The third kappa shape index (κ3) is 8.62. The molecule has 0 bridgehead atoms. The molecule has 44 heavy (non-hydrogen) atoms. The van der Waals surface area contributed by atoms with Crippen molar-refractivity contribution in [3.63, 3.8) is 0 Å². The van der Waals surface area contributed by atoms with Gasteiger partial charge in [0, 0.05) is 37.5 Å². The number of hydrogen-bond donors (Lipinski definition) is 2. The van der Waals surface area contributed by atoms with E-state index >= 15 is 0 Å². The van der Waals surface area contributed by atoms with Gasteiger partial charge in [0.15, 0.2) is 0 Å². The Morgan fingerprint density at radius 1 is 1.02 bits per heavy atom. The number of fused-ring (bicyclic) bond motifs is 1. The molecule has 7 heteroatoms. The Bertz CT molecular complexity index is 1270. The molecule has 1 aromatic rings. The van der Waals surface area contributed by atoms with Crippen molar-refractivity contribution in [2.24, 2.45) is 22.6 Å². The molecule has 3 atom stereocenters. The van der Waals surface area contributed by atoms with Gasteiger partial charge in [0.25, 0.3) is 5.91 Å². The van der Waals surface area contributed by atoms with Crippen LogP contribution >= 0.6 is 0 Å². The normalized spacial score (nSPS) is 23.1. The number of rotatable bonds is 11. The zero-order valence-electron chi connectivity index (χ0n) is 28.0. The molecule has 3 unspecified atom stereocenters. The fourth-order valence-corrected chi connectivity index (χ4v) is 6.92. The number of aliphatic hydroxyl groups is 1. The molecule has 1 aromatic carbocycles. The number of carbonyl (C=O) groups is 2. The number of benzene rings is 1. The van der Waals surface area contributed by atoms with E-state index in [4.69, 9.17) is 15.8 Å². The van der Waals surface area contributed by atoms with Gasteiger partial charge < -0.3 is 20.6 Å². The number of carbonyl (C=O) groups excluding carboxylic acids is 2. The highest BCUT2D eigenvalue weighted by Crippen LogP contribution is 2.54. The van der Waals surface area contributed by atoms with Gasteiger partial charge in [0.05, 0.1) is 6.54 Å². The van der Waals surface area contributed by atoms with Crippen LogP contribution in [0, 0.1) is 25.7 Å². The number of nitrogens with zero attached hydrogens (tertiary/aromatic N) is 3. The average molecular weight is 605 g/mol. The third-order valence-corrected chi connectivity index (χ3v) is 10.1. The van der Waals surface area contributed by atoms with Crippen LogP contribution in [0.3, 0.4) is 0 Å². The molecule has 242 valence electrons. The third-order valence-electron chi connectivity index (χ3n) is 10.1. The second kappa shape index (κ2) is 15.9. The molecule has 3 saturated carbocycles. The molecular formula is C37H56N4O3. The van der Waals surface area contributed by atoms with Gasteiger partial charge in [0.1, 0.15) is 12.3 Å². The Balaban J connectivity index is 0.000000225. The van der Waals surface area contributed by atoms with Crippen LogP contribution in [0.4, 0.5) is 0 Å². The van der Waals surface area contributed by atoms with E-state index < -0.39 is 6.61 Å². The summed E-state index contributed by atoms with van der Waals surface area (Å²) in [6.07, 6.45) is 12.6. The summed E-state index contributed by atoms with van der Waals surface area (Å²) in [5.74, 6) is 1.36. The fourth-order valence-electron chi connectivity index (χ4n) is 6.92. The van der Waals surface area contributed by atoms with Crippen LogP contribution in [-0.4, -0.2) is 71.8 Å². The van der Waals surface area contributed by atoms with Gasteiger partial charge in [-0.3, -0.25) is 14.6 Å². The number of aliphatic hydroxyl groups excluding tert-OH is 1. The van der Waals surface area contributed by atoms with Gasteiger partial charge in [-0.25, -0.2) is 0 Å². The van der Waals surface area contributed by atoms with Crippen LogP contribution in [0.15, 0.2) is 45.6 Å². The molecule has 1 saturated heterocycles. The fraction of sp³-hybridized carbons (Fsp3) is 0.649. The highest BCUT2D eigenvalue weighted by atomic mass is 16.3. The maximum atomic E-state index is 12.9. The Morgan fingerprint density at radius 2 is 1.73 bits per heavy atom. The summed E-state index contributed by atoms with van der Waals surface area (Å²) in [5, 5.41) is 8.97. The quantitative estimate of drug-likeness (QED) is 0.178. The Hall–Kier alpha value is -2.93. The summed E-state index contributed by atoms with van der Waals surface area (Å²) in [6, 6.07) is 6.79. The molecule has 0 spiro atoms. The van der Waals surface area contributed by atoms with E-state index in [9.17, 15) is 9.59 Å². The summed E-state index contributed by atoms with van der Waals surface area (Å²) in [4.78, 5) is 32.6. The standard InChI is InChI=1S/C20H28N4O3.C17H28/c1-12(13-2-3-13)10-22-16-9-14-8-15(14)18(16)19(21)20(27)24-6-4-23(5-7-24)17(26)11-25;1-5-7-8-12-16(10-6-2)17-13-9-11-14(3)15(17)4/h14-15,25H,2-11,21H2,1H3;9,11,13,16H,5-8,10,12H2,1-4H3/b19-18-,22-16?;. The number of aryl methyl sites for hydroxylation is 1. The van der Waals surface area contributed by atoms with Crippen molar-refractivity contribution in [1.29, 1.82) is 0 Å². The first kappa shape index (κ1) is 34.0. The number of hydrogen-bond acceptors (Lipinski definition) is 5. The molecule has 3 N–H and O–H groups in total. The maximum absolute atomic E-state index is 12.9. The van der Waals surface area contributed by atoms with Gasteiger partial charge in [0.2, 0.25) is 5.91 Å². The van der Waals surface area contributed by atoms with Crippen molar-refractivity contribution in [2.75, 3.05) is 39.3 Å². The van der Waals surface area contributed by atoms with Crippen LogP contribution in [0.5, 0.6) is 0 Å². The highest BCUT2D eigenvalue weighted by Gasteiger charge is 2.50. The Kier molecular flexibility index (Phi) is 12.3. The molecule has 1 heterocycles. The van der Waals surface area contributed by atoms with Gasteiger partial charge in [-0.15, -0.1) is 0 Å². The Labute approximate surface area is 265 Å². The topological polar surface area (TPSA) is 99.2 Å². The lowest BCUT2D eigenvalue weighted by atomic mass is 9.85. The molecule has 3 aliphatic carbocycles. The molecule has 1 aliphatic heterocycles. The van der Waals surface area contributed by atoms with Crippen molar-refractivity contribution >= 4 is 17.5 Å². The lowest BCUT2D eigenvalue weighted by Gasteiger charge is -2.34. The van der Waals surface area contributed by atoms with Crippen molar-refractivity contribution in [2.45, 2.75) is 105 Å². The molecule has 4 fully saturated rings. The first-order valence-electron chi connectivity index (χ1n) is 17.1. The summed E-state index contributed by atoms with van der Waals surface area (Å²) < 4.78 is 0. The minimum Gasteiger partial charge on any atom is -0.394 e. The largest absolute Gasteiger partial charge is 0.394 e. The van der Waals surface area contributed by atoms with Crippen LogP contribution in [-0.2, 0) is 9.59 Å². The molecule has 4 aliphatic rings. The lowest BCUT2D eigenvalue weighted by molar-refractivity contribution is -0.139. The molecule has 0 radical (unpaired) electrons. The van der Waals surface area contributed by atoms with Gasteiger partial charge >= 0.3 is 0 Å². The van der Waals surface area contributed by atoms with Crippen LogP contribution < -0.4 is 5.73 Å². The lowest BCUT2D eigenvalue weighted by Crippen LogP contribution is -2.52. The number of unbranched alkanes of at least 4 members (excludes halogenated alkanes) is 2. The number of amides is 2. The van der Waals surface area contributed by atoms with E-state index in [0.29, 0.717) is 43.7 Å². The SMILES string of the molecule is CC(CN=C1CC2CC2/C1=C(/N)C(=O)N1CCN(C(=O)CO)CC1)=C1CC1.CCCCCC(CCC)c1cccc(C)c1C. The van der Waals surface area contributed by atoms with E-state index in [-0.39, 0.29) is 11.8 Å². The van der Waals surface area contributed by atoms with Gasteiger partial charge in [-0.1, -0.05) is 68.9 Å². The molecule has 0 aromatic heterocycles. The van der Waals surface area contributed by atoms with E-state index in [0.717, 1.165) is 36.6 Å². The van der Waals surface area contributed by atoms with Crippen molar-refractivity contribution in [1.82, 2.24) is 9.80 Å². The second-order valence-corrected chi connectivity index (χ2v) is 13.4. The van der Waals surface area contributed by atoms with E-state index in [2.05, 4.69) is 52.8 Å². The second-order valence-electron chi connectivity index (χ2n) is 13.4. The smallest absolute Gasteiger partial charge is 0.270 e. The number of allylic oxidation sites excluding steroid dienone is 2. The zero-order chi connectivity index (χ0) is 31.8. The number of aliphatic imine (C=N–C) groups is 1. The predicted molar refractivity (Wildman–Crippen MR) is 180 cm³/mol. The van der Waals surface area contributed by atoms with Gasteiger partial charge in [-0.2, -0.15) is 0 Å².